The number of anilines is 1. The number of rotatable bonds is 4. The molecule has 0 bridgehead atoms. The van der Waals surface area contributed by atoms with Gasteiger partial charge in [-0.15, -0.1) is 0 Å². The van der Waals surface area contributed by atoms with Crippen LogP contribution in [0.15, 0.2) is 28.7 Å². The van der Waals surface area contributed by atoms with E-state index in [1.54, 1.807) is 7.11 Å². The predicted octanol–water partition coefficient (Wildman–Crippen LogP) is 2.90. The maximum absolute atomic E-state index is 5.03. The van der Waals surface area contributed by atoms with E-state index in [4.69, 9.17) is 4.74 Å². The molecule has 0 heterocycles. The Labute approximate surface area is 87.4 Å². The number of benzene rings is 1. The second kappa shape index (κ2) is 5.25. The minimum absolute atomic E-state index is 0.333. The van der Waals surface area contributed by atoms with Gasteiger partial charge in [0.2, 0.25) is 0 Å². The minimum atomic E-state index is 0.333. The molecular formula is C10H14BrNO. The van der Waals surface area contributed by atoms with Gasteiger partial charge in [-0.2, -0.15) is 0 Å². The van der Waals surface area contributed by atoms with Gasteiger partial charge in [-0.05, 0) is 25.1 Å². The molecule has 0 amide bonds. The zero-order valence-corrected chi connectivity index (χ0v) is 9.47. The van der Waals surface area contributed by atoms with Crippen LogP contribution in [-0.4, -0.2) is 19.8 Å². The molecule has 1 atom stereocenters. The van der Waals surface area contributed by atoms with Crippen molar-refractivity contribution in [3.63, 3.8) is 0 Å². The van der Waals surface area contributed by atoms with Gasteiger partial charge in [0.25, 0.3) is 0 Å². The fraction of sp³-hybridized carbons (Fsp3) is 0.400. The maximum atomic E-state index is 5.03. The average molecular weight is 244 g/mol. The molecular weight excluding hydrogens is 230 g/mol. The molecule has 1 aromatic carbocycles. The molecule has 0 saturated carbocycles. The van der Waals surface area contributed by atoms with Crippen molar-refractivity contribution in [1.29, 1.82) is 0 Å². The Morgan fingerprint density at radius 2 is 2.31 bits per heavy atom. The van der Waals surface area contributed by atoms with Crippen molar-refractivity contribution in [2.75, 3.05) is 19.0 Å². The first-order valence-corrected chi connectivity index (χ1v) is 5.02. The monoisotopic (exact) mass is 243 g/mol. The van der Waals surface area contributed by atoms with Crippen LogP contribution in [0, 0.1) is 0 Å². The lowest BCUT2D eigenvalue weighted by Crippen LogP contribution is -2.20. The summed E-state index contributed by atoms with van der Waals surface area (Å²) in [5, 5.41) is 3.33. The molecule has 72 valence electrons. The molecule has 2 nitrogen and oxygen atoms in total. The van der Waals surface area contributed by atoms with E-state index in [2.05, 4.69) is 28.2 Å². The third-order valence-electron chi connectivity index (χ3n) is 1.65. The van der Waals surface area contributed by atoms with Crippen LogP contribution >= 0.6 is 15.9 Å². The quantitative estimate of drug-likeness (QED) is 0.879. The predicted molar refractivity (Wildman–Crippen MR) is 59.1 cm³/mol. The van der Waals surface area contributed by atoms with Crippen LogP contribution in [0.3, 0.4) is 0 Å². The molecule has 0 spiro atoms. The molecule has 0 aliphatic carbocycles. The summed E-state index contributed by atoms with van der Waals surface area (Å²) in [5.74, 6) is 0. The SMILES string of the molecule is COCC(C)Nc1cccc(Br)c1. The lowest BCUT2D eigenvalue weighted by atomic mass is 10.3. The maximum Gasteiger partial charge on any atom is 0.0661 e. The van der Waals surface area contributed by atoms with Crippen LogP contribution in [-0.2, 0) is 4.74 Å². The number of nitrogens with one attached hydrogen (secondary N) is 1. The highest BCUT2D eigenvalue weighted by molar-refractivity contribution is 9.10. The summed E-state index contributed by atoms with van der Waals surface area (Å²) in [4.78, 5) is 0. The van der Waals surface area contributed by atoms with Gasteiger partial charge < -0.3 is 10.1 Å². The van der Waals surface area contributed by atoms with Gasteiger partial charge in [0.1, 0.15) is 0 Å². The van der Waals surface area contributed by atoms with Crippen LogP contribution in [0.2, 0.25) is 0 Å². The standard InChI is InChI=1S/C10H14BrNO/c1-8(7-13-2)12-10-5-3-4-9(11)6-10/h3-6,8,12H,7H2,1-2H3. The molecule has 0 aliphatic heterocycles. The van der Waals surface area contributed by atoms with Gasteiger partial charge >= 0.3 is 0 Å². The Kier molecular flexibility index (Phi) is 4.25. The summed E-state index contributed by atoms with van der Waals surface area (Å²) >= 11 is 3.42. The molecule has 0 aliphatic rings. The van der Waals surface area contributed by atoms with Crippen LogP contribution in [0.5, 0.6) is 0 Å². The number of ether oxygens (including phenoxy) is 1. The minimum Gasteiger partial charge on any atom is -0.383 e. The summed E-state index contributed by atoms with van der Waals surface area (Å²) < 4.78 is 6.12. The highest BCUT2D eigenvalue weighted by atomic mass is 79.9. The summed E-state index contributed by atoms with van der Waals surface area (Å²) in [7, 11) is 1.71. The molecule has 13 heavy (non-hydrogen) atoms. The largest absolute Gasteiger partial charge is 0.383 e. The normalized spacial score (nSPS) is 12.5. The van der Waals surface area contributed by atoms with Crippen LogP contribution in [0.4, 0.5) is 5.69 Å². The Morgan fingerprint density at radius 3 is 2.92 bits per heavy atom. The molecule has 1 rings (SSSR count). The Morgan fingerprint density at radius 1 is 1.54 bits per heavy atom. The van der Waals surface area contributed by atoms with E-state index in [0.29, 0.717) is 12.6 Å². The summed E-state index contributed by atoms with van der Waals surface area (Å²) in [5.41, 5.74) is 1.11. The summed E-state index contributed by atoms with van der Waals surface area (Å²) in [6, 6.07) is 8.43. The lowest BCUT2D eigenvalue weighted by molar-refractivity contribution is 0.190. The van der Waals surface area contributed by atoms with Crippen molar-refractivity contribution in [1.82, 2.24) is 0 Å². The molecule has 3 heteroatoms. The van der Waals surface area contributed by atoms with Gasteiger partial charge in [0.15, 0.2) is 0 Å². The topological polar surface area (TPSA) is 21.3 Å². The van der Waals surface area contributed by atoms with Gasteiger partial charge in [-0.3, -0.25) is 0 Å². The fourth-order valence-corrected chi connectivity index (χ4v) is 1.55. The molecule has 1 aromatic rings. The highest BCUT2D eigenvalue weighted by Gasteiger charge is 2.00. The van der Waals surface area contributed by atoms with Crippen molar-refractivity contribution in [2.45, 2.75) is 13.0 Å². The second-order valence-corrected chi connectivity index (χ2v) is 3.93. The molecule has 0 radical (unpaired) electrons. The molecule has 0 aromatic heterocycles. The fourth-order valence-electron chi connectivity index (χ4n) is 1.15. The van der Waals surface area contributed by atoms with Crippen LogP contribution in [0.1, 0.15) is 6.92 Å². The van der Waals surface area contributed by atoms with E-state index in [1.165, 1.54) is 0 Å². The molecule has 0 fully saturated rings. The van der Waals surface area contributed by atoms with Gasteiger partial charge in [-0.25, -0.2) is 0 Å². The first-order chi connectivity index (χ1) is 6.22. The number of hydrogen-bond donors (Lipinski definition) is 1. The lowest BCUT2D eigenvalue weighted by Gasteiger charge is -2.13. The van der Waals surface area contributed by atoms with E-state index >= 15 is 0 Å². The highest BCUT2D eigenvalue weighted by Crippen LogP contribution is 2.16. The van der Waals surface area contributed by atoms with Gasteiger partial charge in [-0.1, -0.05) is 22.0 Å². The van der Waals surface area contributed by atoms with Crippen molar-refractivity contribution in [2.24, 2.45) is 0 Å². The van der Waals surface area contributed by atoms with Crippen molar-refractivity contribution in [3.05, 3.63) is 28.7 Å². The van der Waals surface area contributed by atoms with Crippen LogP contribution in [0.25, 0.3) is 0 Å². The number of hydrogen-bond acceptors (Lipinski definition) is 2. The zero-order valence-electron chi connectivity index (χ0n) is 7.88. The van der Waals surface area contributed by atoms with Crippen molar-refractivity contribution in [3.8, 4) is 0 Å². The van der Waals surface area contributed by atoms with E-state index < -0.39 is 0 Å². The first-order valence-electron chi connectivity index (χ1n) is 4.23. The number of methoxy groups -OCH3 is 1. The second-order valence-electron chi connectivity index (χ2n) is 3.01. The Hall–Kier alpha value is -0.540. The first kappa shape index (κ1) is 10.5. The zero-order chi connectivity index (χ0) is 9.68. The van der Waals surface area contributed by atoms with Crippen molar-refractivity contribution < 1.29 is 4.74 Å². The van der Waals surface area contributed by atoms with Gasteiger partial charge in [0.05, 0.1) is 6.61 Å². The van der Waals surface area contributed by atoms with E-state index in [9.17, 15) is 0 Å². The van der Waals surface area contributed by atoms with E-state index in [-0.39, 0.29) is 0 Å². The Bertz CT molecular complexity index is 265. The van der Waals surface area contributed by atoms with Gasteiger partial charge in [0, 0.05) is 23.3 Å². The molecule has 1 unspecified atom stereocenters. The third-order valence-corrected chi connectivity index (χ3v) is 2.15. The third kappa shape index (κ3) is 3.79. The summed E-state index contributed by atoms with van der Waals surface area (Å²) in [6.07, 6.45) is 0. The molecule has 1 N–H and O–H groups in total. The molecule has 0 saturated heterocycles. The van der Waals surface area contributed by atoms with Crippen LogP contribution < -0.4 is 5.32 Å². The Balaban J connectivity index is 2.53. The van der Waals surface area contributed by atoms with E-state index in [1.807, 2.05) is 24.3 Å². The number of halogens is 1. The average Bonchev–Trinajstić information content (AvgIpc) is 2.04. The van der Waals surface area contributed by atoms with Crippen molar-refractivity contribution >= 4 is 21.6 Å². The smallest absolute Gasteiger partial charge is 0.0661 e. The van der Waals surface area contributed by atoms with E-state index in [0.717, 1.165) is 10.2 Å². The summed E-state index contributed by atoms with van der Waals surface area (Å²) in [6.45, 7) is 2.80.